The molecule has 1 heterocycles. The Morgan fingerprint density at radius 3 is 2.85 bits per heavy atom. The number of benzene rings is 1. The molecule has 1 aromatic carbocycles. The molecule has 1 fully saturated rings. The molecule has 0 aromatic heterocycles. The zero-order valence-electron chi connectivity index (χ0n) is 16.5. The maximum atomic E-state index is 13.4. The number of nitrogens with one attached hydrogen (secondary N) is 1. The molecular weight excluding hydrogens is 442 g/mol. The maximum absolute atomic E-state index is 13.4. The van der Waals surface area contributed by atoms with Crippen LogP contribution in [0.5, 0.6) is 0 Å². The molecule has 0 spiro atoms. The minimum Gasteiger partial charge on any atom is -0.357 e. The summed E-state index contributed by atoms with van der Waals surface area (Å²) in [6.45, 7) is 11.3. The van der Waals surface area contributed by atoms with Gasteiger partial charge in [-0.2, -0.15) is 0 Å². The number of guanidine groups is 1. The van der Waals surface area contributed by atoms with E-state index in [0.717, 1.165) is 31.2 Å². The highest BCUT2D eigenvalue weighted by molar-refractivity contribution is 14.0. The van der Waals surface area contributed by atoms with Crippen LogP contribution in [0.15, 0.2) is 29.3 Å². The Balaban J connectivity index is 0.00000338. The maximum Gasteiger partial charge on any atom is 0.193 e. The van der Waals surface area contributed by atoms with E-state index in [1.54, 1.807) is 12.1 Å². The molecule has 148 valence electrons. The van der Waals surface area contributed by atoms with E-state index in [9.17, 15) is 4.39 Å². The van der Waals surface area contributed by atoms with Crippen molar-refractivity contribution in [2.45, 2.75) is 46.2 Å². The van der Waals surface area contributed by atoms with Crippen LogP contribution in [0, 0.1) is 11.7 Å². The van der Waals surface area contributed by atoms with Crippen molar-refractivity contribution in [3.8, 4) is 0 Å². The quantitative estimate of drug-likeness (QED) is 0.383. The van der Waals surface area contributed by atoms with Crippen LogP contribution in [0.1, 0.15) is 39.2 Å². The molecule has 0 amide bonds. The number of piperidine rings is 1. The summed E-state index contributed by atoms with van der Waals surface area (Å²) in [6.07, 6.45) is 2.51. The van der Waals surface area contributed by atoms with Crippen LogP contribution in [-0.4, -0.2) is 55.0 Å². The van der Waals surface area contributed by atoms with Crippen LogP contribution < -0.4 is 5.32 Å². The van der Waals surface area contributed by atoms with Gasteiger partial charge in [-0.1, -0.05) is 12.1 Å². The Kier molecular flexibility index (Phi) is 10.5. The molecule has 1 atom stereocenters. The predicted octanol–water partition coefficient (Wildman–Crippen LogP) is 3.96. The van der Waals surface area contributed by atoms with Crippen molar-refractivity contribution in [3.05, 3.63) is 35.6 Å². The van der Waals surface area contributed by atoms with Crippen LogP contribution in [0.25, 0.3) is 0 Å². The molecule has 0 saturated carbocycles. The fraction of sp³-hybridized carbons (Fsp3) is 0.650. The minimum atomic E-state index is -0.191. The third-order valence-corrected chi connectivity index (χ3v) is 4.79. The molecule has 1 aliphatic rings. The lowest BCUT2D eigenvalue weighted by Crippen LogP contribution is -2.42. The lowest BCUT2D eigenvalue weighted by atomic mass is 9.97. The Morgan fingerprint density at radius 2 is 2.19 bits per heavy atom. The molecule has 26 heavy (non-hydrogen) atoms. The number of halogens is 2. The van der Waals surface area contributed by atoms with Gasteiger partial charge in [0, 0.05) is 39.3 Å². The average molecular weight is 476 g/mol. The number of nitrogens with zero attached hydrogens (tertiary/aromatic N) is 3. The van der Waals surface area contributed by atoms with Gasteiger partial charge in [0.25, 0.3) is 0 Å². The van der Waals surface area contributed by atoms with E-state index in [1.165, 1.54) is 25.5 Å². The van der Waals surface area contributed by atoms with Crippen LogP contribution in [0.3, 0.4) is 0 Å². The fourth-order valence-corrected chi connectivity index (χ4v) is 3.38. The van der Waals surface area contributed by atoms with Crippen molar-refractivity contribution in [1.82, 2.24) is 15.1 Å². The summed E-state index contributed by atoms with van der Waals surface area (Å²) in [5.41, 5.74) is 0.955. The molecular formula is C20H34FIN4. The minimum absolute atomic E-state index is 0. The summed E-state index contributed by atoms with van der Waals surface area (Å²) >= 11 is 0. The van der Waals surface area contributed by atoms with Crippen LogP contribution >= 0.6 is 24.0 Å². The second-order valence-corrected chi connectivity index (χ2v) is 7.28. The monoisotopic (exact) mass is 476 g/mol. The molecule has 0 bridgehead atoms. The Morgan fingerprint density at radius 1 is 1.42 bits per heavy atom. The van der Waals surface area contributed by atoms with Crippen molar-refractivity contribution < 1.29 is 4.39 Å². The zero-order valence-corrected chi connectivity index (χ0v) is 18.9. The lowest BCUT2D eigenvalue weighted by molar-refractivity contribution is 0.143. The smallest absolute Gasteiger partial charge is 0.193 e. The summed E-state index contributed by atoms with van der Waals surface area (Å²) in [7, 11) is 2.01. The van der Waals surface area contributed by atoms with Gasteiger partial charge < -0.3 is 15.1 Å². The van der Waals surface area contributed by atoms with E-state index >= 15 is 0 Å². The van der Waals surface area contributed by atoms with Gasteiger partial charge in [-0.15, -0.1) is 24.0 Å². The normalized spacial score (nSPS) is 18.5. The summed E-state index contributed by atoms with van der Waals surface area (Å²) in [5, 5.41) is 3.36. The van der Waals surface area contributed by atoms with Crippen molar-refractivity contribution in [3.63, 3.8) is 0 Å². The Labute approximate surface area is 175 Å². The summed E-state index contributed by atoms with van der Waals surface area (Å²) in [6, 6.07) is 7.37. The first-order valence-corrected chi connectivity index (χ1v) is 9.47. The van der Waals surface area contributed by atoms with E-state index in [2.05, 4.69) is 35.9 Å². The molecule has 0 radical (unpaired) electrons. The fourth-order valence-electron chi connectivity index (χ4n) is 3.38. The molecule has 1 aromatic rings. The van der Waals surface area contributed by atoms with E-state index in [1.807, 2.05) is 13.1 Å². The highest BCUT2D eigenvalue weighted by Crippen LogP contribution is 2.18. The van der Waals surface area contributed by atoms with E-state index in [4.69, 9.17) is 4.99 Å². The van der Waals surface area contributed by atoms with Gasteiger partial charge in [-0.05, 0) is 63.8 Å². The van der Waals surface area contributed by atoms with Crippen molar-refractivity contribution in [1.29, 1.82) is 0 Å². The first-order chi connectivity index (χ1) is 12.0. The molecule has 1 saturated heterocycles. The Bertz CT molecular complexity index is 564. The van der Waals surface area contributed by atoms with Gasteiger partial charge in [0.05, 0.1) is 0 Å². The van der Waals surface area contributed by atoms with Gasteiger partial charge in [0.2, 0.25) is 0 Å². The van der Waals surface area contributed by atoms with E-state index < -0.39 is 0 Å². The molecule has 6 heteroatoms. The van der Waals surface area contributed by atoms with Gasteiger partial charge >= 0.3 is 0 Å². The molecule has 1 N–H and O–H groups in total. The number of hydrogen-bond donors (Lipinski definition) is 1. The number of rotatable bonds is 6. The van der Waals surface area contributed by atoms with Crippen molar-refractivity contribution in [2.75, 3.05) is 33.2 Å². The topological polar surface area (TPSA) is 30.9 Å². The molecule has 1 aliphatic heterocycles. The number of hydrogen-bond acceptors (Lipinski definition) is 2. The molecule has 4 nitrogen and oxygen atoms in total. The molecule has 1 unspecified atom stereocenters. The third kappa shape index (κ3) is 7.39. The summed E-state index contributed by atoms with van der Waals surface area (Å²) in [5.74, 6) is 1.32. The molecule has 2 rings (SSSR count). The van der Waals surface area contributed by atoms with Crippen molar-refractivity contribution >= 4 is 29.9 Å². The van der Waals surface area contributed by atoms with Crippen LogP contribution in [-0.2, 0) is 6.54 Å². The van der Waals surface area contributed by atoms with Crippen LogP contribution in [0.2, 0.25) is 0 Å². The number of likely N-dealkylation sites (tertiary alicyclic amines) is 1. The second-order valence-electron chi connectivity index (χ2n) is 7.28. The largest absolute Gasteiger partial charge is 0.357 e. The highest BCUT2D eigenvalue weighted by atomic mass is 127. The van der Waals surface area contributed by atoms with E-state index in [-0.39, 0.29) is 29.8 Å². The van der Waals surface area contributed by atoms with Gasteiger partial charge in [-0.3, -0.25) is 4.99 Å². The van der Waals surface area contributed by atoms with Crippen molar-refractivity contribution in [2.24, 2.45) is 10.9 Å². The highest BCUT2D eigenvalue weighted by Gasteiger charge is 2.21. The molecule has 0 aliphatic carbocycles. The third-order valence-electron chi connectivity index (χ3n) is 4.79. The standard InChI is InChI=1S/C20H33FN4.HI/c1-5-22-20(24(4)14-17-8-6-10-19(21)12-17)23-13-18-9-7-11-25(15-18)16(2)3;/h6,8,10,12,16,18H,5,7,9,11,13-15H2,1-4H3,(H,22,23);1H. The lowest BCUT2D eigenvalue weighted by Gasteiger charge is -2.35. The zero-order chi connectivity index (χ0) is 18.2. The first-order valence-electron chi connectivity index (χ1n) is 9.47. The van der Waals surface area contributed by atoms with E-state index in [0.29, 0.717) is 18.5 Å². The van der Waals surface area contributed by atoms with Gasteiger partial charge in [-0.25, -0.2) is 4.39 Å². The average Bonchev–Trinajstić information content (AvgIpc) is 2.58. The summed E-state index contributed by atoms with van der Waals surface area (Å²) < 4.78 is 13.4. The summed E-state index contributed by atoms with van der Waals surface area (Å²) in [4.78, 5) is 9.48. The number of aliphatic imine (C=N–C) groups is 1. The first kappa shape index (κ1) is 23.1. The SMILES string of the molecule is CCNC(=NCC1CCCN(C(C)C)C1)N(C)Cc1cccc(F)c1.I. The van der Waals surface area contributed by atoms with Gasteiger partial charge in [0.15, 0.2) is 5.96 Å². The second kappa shape index (κ2) is 11.7. The van der Waals surface area contributed by atoms with Gasteiger partial charge in [0.1, 0.15) is 5.82 Å². The predicted molar refractivity (Wildman–Crippen MR) is 119 cm³/mol. The Hall–Kier alpha value is -0.890. The van der Waals surface area contributed by atoms with Crippen LogP contribution in [0.4, 0.5) is 4.39 Å².